The van der Waals surface area contributed by atoms with E-state index in [4.69, 9.17) is 16.3 Å². The highest BCUT2D eigenvalue weighted by molar-refractivity contribution is 7.92. The summed E-state index contributed by atoms with van der Waals surface area (Å²) in [5.74, 6) is -0.343. The van der Waals surface area contributed by atoms with Gasteiger partial charge in [-0.3, -0.25) is 13.9 Å². The smallest absolute Gasteiger partial charge is 0.264 e. The van der Waals surface area contributed by atoms with Crippen LogP contribution < -0.4 is 14.4 Å². The number of benzene rings is 3. The van der Waals surface area contributed by atoms with Crippen LogP contribution in [0.15, 0.2) is 77.7 Å². The van der Waals surface area contributed by atoms with E-state index in [1.165, 1.54) is 17.0 Å². The van der Waals surface area contributed by atoms with Gasteiger partial charge in [0.15, 0.2) is 0 Å². The van der Waals surface area contributed by atoms with Crippen molar-refractivity contribution < 1.29 is 22.7 Å². The normalized spacial score (nSPS) is 12.1. The van der Waals surface area contributed by atoms with Crippen molar-refractivity contribution in [3.8, 4) is 5.75 Å². The first-order valence-corrected chi connectivity index (χ1v) is 14.9. The van der Waals surface area contributed by atoms with Gasteiger partial charge < -0.3 is 15.0 Å². The van der Waals surface area contributed by atoms with Crippen molar-refractivity contribution in [3.05, 3.63) is 88.9 Å². The zero-order valence-electron chi connectivity index (χ0n) is 23.4. The molecule has 40 heavy (non-hydrogen) atoms. The topological polar surface area (TPSA) is 96.0 Å². The summed E-state index contributed by atoms with van der Waals surface area (Å²) >= 11 is 6.39. The van der Waals surface area contributed by atoms with Crippen LogP contribution in [0.2, 0.25) is 5.02 Å². The van der Waals surface area contributed by atoms with Gasteiger partial charge in [-0.15, -0.1) is 0 Å². The van der Waals surface area contributed by atoms with Crippen LogP contribution in [0.5, 0.6) is 5.75 Å². The van der Waals surface area contributed by atoms with Crippen LogP contribution >= 0.6 is 11.6 Å². The maximum atomic E-state index is 13.9. The molecule has 3 aromatic carbocycles. The van der Waals surface area contributed by atoms with Crippen molar-refractivity contribution in [2.45, 2.75) is 58.1 Å². The van der Waals surface area contributed by atoms with Gasteiger partial charge in [-0.05, 0) is 82.6 Å². The van der Waals surface area contributed by atoms with Crippen LogP contribution in [-0.4, -0.2) is 50.4 Å². The number of ether oxygens (including phenoxy) is 1. The van der Waals surface area contributed by atoms with Crippen LogP contribution in [0.1, 0.15) is 38.8 Å². The van der Waals surface area contributed by atoms with E-state index in [2.05, 4.69) is 5.32 Å². The number of rotatable bonds is 12. The highest BCUT2D eigenvalue weighted by Gasteiger charge is 2.33. The molecule has 1 N–H and O–H groups in total. The van der Waals surface area contributed by atoms with E-state index in [0.29, 0.717) is 22.9 Å². The molecular weight excluding hydrogens is 550 g/mol. The Kier molecular flexibility index (Phi) is 10.6. The number of sulfonamides is 1. The lowest BCUT2D eigenvalue weighted by Crippen LogP contribution is -2.52. The predicted octanol–water partition coefficient (Wildman–Crippen LogP) is 5.18. The van der Waals surface area contributed by atoms with Gasteiger partial charge in [0.1, 0.15) is 18.3 Å². The van der Waals surface area contributed by atoms with Gasteiger partial charge in [-0.2, -0.15) is 0 Å². The van der Waals surface area contributed by atoms with Crippen LogP contribution in [0.4, 0.5) is 5.69 Å². The Morgan fingerprint density at radius 2 is 1.57 bits per heavy atom. The van der Waals surface area contributed by atoms with Gasteiger partial charge in [0, 0.05) is 17.6 Å². The molecule has 1 atom stereocenters. The summed E-state index contributed by atoms with van der Waals surface area (Å²) in [6.45, 7) is 8.92. The largest absolute Gasteiger partial charge is 0.494 e. The average molecular weight is 586 g/mol. The van der Waals surface area contributed by atoms with E-state index in [1.807, 2.05) is 27.7 Å². The standard InChI is InChI=1S/C30H36ClN3O5S/c1-6-39-26-15-13-25(14-16-26)34(40(37,38)27-17-11-22(4)12-18-27)20-29(35)33(23(5)30(36)32-21(2)3)19-24-9-7-8-10-28(24)31/h7-18,21,23H,6,19-20H2,1-5H3,(H,32,36)/t23-/m0/s1. The maximum Gasteiger partial charge on any atom is 0.264 e. The molecule has 0 aliphatic carbocycles. The predicted molar refractivity (Wildman–Crippen MR) is 158 cm³/mol. The zero-order chi connectivity index (χ0) is 29.4. The molecule has 0 aromatic heterocycles. The van der Waals surface area contributed by atoms with E-state index in [9.17, 15) is 18.0 Å². The summed E-state index contributed by atoms with van der Waals surface area (Å²) in [7, 11) is -4.15. The molecule has 0 unspecified atom stereocenters. The quantitative estimate of drug-likeness (QED) is 0.316. The number of halogens is 1. The highest BCUT2D eigenvalue weighted by atomic mass is 35.5. The van der Waals surface area contributed by atoms with Crippen LogP contribution in [0.3, 0.4) is 0 Å². The van der Waals surface area contributed by atoms with Gasteiger partial charge >= 0.3 is 0 Å². The second-order valence-corrected chi connectivity index (χ2v) is 12.0. The van der Waals surface area contributed by atoms with Crippen LogP contribution in [0.25, 0.3) is 0 Å². The van der Waals surface area contributed by atoms with E-state index >= 15 is 0 Å². The number of carbonyl (C=O) groups excluding carboxylic acids is 2. The van der Waals surface area contributed by atoms with Crippen LogP contribution in [0, 0.1) is 6.92 Å². The third-order valence-electron chi connectivity index (χ3n) is 6.22. The fourth-order valence-electron chi connectivity index (χ4n) is 4.04. The number of anilines is 1. The minimum atomic E-state index is -4.15. The van der Waals surface area contributed by atoms with Gasteiger partial charge in [0.05, 0.1) is 17.2 Å². The molecule has 214 valence electrons. The summed E-state index contributed by atoms with van der Waals surface area (Å²) in [5.41, 5.74) is 1.82. The fraction of sp³-hybridized carbons (Fsp3) is 0.333. The number of aryl methyl sites for hydroxylation is 1. The average Bonchev–Trinajstić information content (AvgIpc) is 2.91. The number of nitrogens with one attached hydrogen (secondary N) is 1. The molecule has 0 bridgehead atoms. The molecular formula is C30H36ClN3O5S. The third kappa shape index (κ3) is 7.76. The number of carbonyl (C=O) groups is 2. The van der Waals surface area contributed by atoms with Gasteiger partial charge in [0.25, 0.3) is 10.0 Å². The molecule has 8 nitrogen and oxygen atoms in total. The van der Waals surface area contributed by atoms with Crippen molar-refractivity contribution in [3.63, 3.8) is 0 Å². The summed E-state index contributed by atoms with van der Waals surface area (Å²) in [6, 6.07) is 18.9. The Morgan fingerprint density at radius 3 is 2.15 bits per heavy atom. The molecule has 0 spiro atoms. The summed E-state index contributed by atoms with van der Waals surface area (Å²) in [4.78, 5) is 28.3. The number of hydrogen-bond donors (Lipinski definition) is 1. The summed E-state index contributed by atoms with van der Waals surface area (Å²) in [6.07, 6.45) is 0. The van der Waals surface area contributed by atoms with Crippen molar-refractivity contribution in [2.24, 2.45) is 0 Å². The first-order valence-electron chi connectivity index (χ1n) is 13.1. The van der Waals surface area contributed by atoms with Gasteiger partial charge in [0.2, 0.25) is 11.8 Å². The molecule has 3 rings (SSSR count). The second-order valence-electron chi connectivity index (χ2n) is 9.70. The number of hydrogen-bond acceptors (Lipinski definition) is 5. The molecule has 0 saturated heterocycles. The van der Waals surface area contributed by atoms with E-state index in [-0.39, 0.29) is 29.1 Å². The van der Waals surface area contributed by atoms with Crippen molar-refractivity contribution in [1.82, 2.24) is 10.2 Å². The first kappa shape index (κ1) is 31.0. The van der Waals surface area contributed by atoms with E-state index < -0.39 is 28.5 Å². The van der Waals surface area contributed by atoms with Crippen molar-refractivity contribution >= 4 is 39.1 Å². The monoisotopic (exact) mass is 585 g/mol. The lowest BCUT2D eigenvalue weighted by Gasteiger charge is -2.32. The highest BCUT2D eigenvalue weighted by Crippen LogP contribution is 2.27. The second kappa shape index (κ2) is 13.7. The molecule has 2 amide bonds. The lowest BCUT2D eigenvalue weighted by atomic mass is 10.1. The number of nitrogens with zero attached hydrogens (tertiary/aromatic N) is 2. The molecule has 3 aromatic rings. The van der Waals surface area contributed by atoms with Crippen molar-refractivity contribution in [1.29, 1.82) is 0 Å². The zero-order valence-corrected chi connectivity index (χ0v) is 25.0. The van der Waals surface area contributed by atoms with E-state index in [0.717, 1.165) is 9.87 Å². The fourth-order valence-corrected chi connectivity index (χ4v) is 5.65. The Morgan fingerprint density at radius 1 is 0.950 bits per heavy atom. The Balaban J connectivity index is 2.04. The Bertz CT molecular complexity index is 1410. The van der Waals surface area contributed by atoms with Gasteiger partial charge in [-0.25, -0.2) is 8.42 Å². The molecule has 0 aliphatic rings. The minimum Gasteiger partial charge on any atom is -0.494 e. The van der Waals surface area contributed by atoms with Crippen molar-refractivity contribution in [2.75, 3.05) is 17.5 Å². The first-order chi connectivity index (χ1) is 18.9. The third-order valence-corrected chi connectivity index (χ3v) is 8.38. The Hall–Kier alpha value is -3.56. The molecule has 0 radical (unpaired) electrons. The molecule has 0 aliphatic heterocycles. The molecule has 0 saturated carbocycles. The molecule has 0 heterocycles. The number of amides is 2. The SMILES string of the molecule is CCOc1ccc(N(CC(=O)N(Cc2ccccc2Cl)[C@@H](C)C(=O)NC(C)C)S(=O)(=O)c2ccc(C)cc2)cc1. The molecule has 10 heteroatoms. The summed E-state index contributed by atoms with van der Waals surface area (Å²) in [5, 5.41) is 3.27. The summed E-state index contributed by atoms with van der Waals surface area (Å²) < 4.78 is 34.4. The van der Waals surface area contributed by atoms with E-state index in [1.54, 1.807) is 67.6 Å². The minimum absolute atomic E-state index is 0.0207. The maximum absolute atomic E-state index is 13.9. The molecule has 0 fully saturated rings. The van der Waals surface area contributed by atoms with Gasteiger partial charge in [-0.1, -0.05) is 47.5 Å². The van der Waals surface area contributed by atoms with Crippen LogP contribution in [-0.2, 0) is 26.2 Å². The lowest BCUT2D eigenvalue weighted by molar-refractivity contribution is -0.139. The Labute approximate surface area is 241 Å².